The van der Waals surface area contributed by atoms with E-state index in [2.05, 4.69) is 19.1 Å². The average molecular weight is 743 g/mol. The lowest BCUT2D eigenvalue weighted by atomic mass is 9.73. The number of amides is 1. The molecule has 0 aliphatic carbocycles. The first-order valence-corrected chi connectivity index (χ1v) is 19.3. The highest BCUT2D eigenvalue weighted by molar-refractivity contribution is 6.00. The third-order valence-corrected chi connectivity index (χ3v) is 12.2. The van der Waals surface area contributed by atoms with Gasteiger partial charge in [0.2, 0.25) is 0 Å². The van der Waals surface area contributed by atoms with Crippen LogP contribution in [0, 0.1) is 23.7 Å². The molecule has 4 aliphatic rings. The largest absolute Gasteiger partial charge is 0.457 e. The number of carbonyl (C=O) groups excluding carboxylic acids is 3. The van der Waals surface area contributed by atoms with Crippen molar-refractivity contribution in [1.82, 2.24) is 15.0 Å². The van der Waals surface area contributed by atoms with Crippen LogP contribution in [0.25, 0.3) is 0 Å². The molecule has 13 heteroatoms. The van der Waals surface area contributed by atoms with Crippen LogP contribution in [0.5, 0.6) is 0 Å². The lowest BCUT2D eigenvalue weighted by molar-refractivity contribution is -0.295. The number of methoxy groups -OCH3 is 1. The summed E-state index contributed by atoms with van der Waals surface area (Å²) in [5, 5.41) is 20.0. The van der Waals surface area contributed by atoms with Crippen molar-refractivity contribution in [2.45, 2.75) is 141 Å². The second-order valence-corrected chi connectivity index (χ2v) is 16.3. The molecule has 5 rings (SSSR count). The molecule has 0 spiro atoms. The van der Waals surface area contributed by atoms with Gasteiger partial charge in [-0.15, -0.1) is 0 Å². The maximum Gasteiger partial charge on any atom is 0.431 e. The molecule has 1 amide bonds. The number of hydrogen-bond acceptors (Lipinski definition) is 12. The number of rotatable bonds is 9. The van der Waals surface area contributed by atoms with Gasteiger partial charge in [-0.2, -0.15) is 15.2 Å². The minimum Gasteiger partial charge on any atom is -0.457 e. The molecule has 3 saturated heterocycles. The SMILES string of the molecule is CC[C@H]1OC(=O)[C@H](C)C(=O)[C@H](C)[C@@H](O[C@H]2O[C@@H](C)C[C@@H](N(C)C)[C@@H]2O)C(C)(OC)C[C@@H](C)C2=NN(CCCc3ccccc3)N3C(=O)O[C@@]1(C)[C@H]3[C@H]2C. The molecule has 4 aliphatic heterocycles. The van der Waals surface area contributed by atoms with E-state index in [1.807, 2.05) is 71.8 Å². The molecule has 13 atom stereocenters. The summed E-state index contributed by atoms with van der Waals surface area (Å²) in [7, 11) is 5.39. The Hall–Kier alpha value is -3.10. The smallest absolute Gasteiger partial charge is 0.431 e. The summed E-state index contributed by atoms with van der Waals surface area (Å²) < 4.78 is 31.6. The number of hydrazone groups is 1. The standard InChI is InChI=1S/C40H62N4O9/c1-12-30-40(8)34-25(4)31(41-43(44(34)38(48)53-40)20-16-19-28-17-14-13-15-18-28)23(2)22-39(7,49-11)35(26(5)32(45)27(6)36(47)51-30)52-37-33(46)29(42(9)10)21-24(3)50-37/h13-15,17-18,23-27,29-30,33-35,37,46H,12,16,19-22H2,1-11H3/t23-,24+,25+,26+,27-,29-,30-,33+,34-,35-,37-,39?,40-/m1/s1. The Balaban J connectivity index is 1.58. The molecule has 4 heterocycles. The Bertz CT molecular complexity index is 1490. The number of nitrogens with zero attached hydrogens (tertiary/aromatic N) is 4. The Morgan fingerprint density at radius 1 is 1.04 bits per heavy atom. The highest BCUT2D eigenvalue weighted by Gasteiger charge is 2.63. The van der Waals surface area contributed by atoms with Gasteiger partial charge in [-0.05, 0) is 85.4 Å². The molecule has 0 aromatic heterocycles. The molecule has 13 nitrogen and oxygen atoms in total. The first kappa shape index (κ1) is 41.1. The van der Waals surface area contributed by atoms with Crippen molar-refractivity contribution in [2.75, 3.05) is 27.7 Å². The first-order valence-electron chi connectivity index (χ1n) is 19.3. The van der Waals surface area contributed by atoms with Crippen LogP contribution in [-0.2, 0) is 39.7 Å². The van der Waals surface area contributed by atoms with Gasteiger partial charge in [-0.1, -0.05) is 58.0 Å². The number of ether oxygens (including phenoxy) is 5. The highest BCUT2D eigenvalue weighted by Crippen LogP contribution is 2.45. The van der Waals surface area contributed by atoms with E-state index in [9.17, 15) is 19.5 Å². The van der Waals surface area contributed by atoms with Gasteiger partial charge in [-0.3, -0.25) is 9.59 Å². The third-order valence-electron chi connectivity index (χ3n) is 12.2. The highest BCUT2D eigenvalue weighted by atomic mass is 16.7. The molecule has 1 unspecified atom stereocenters. The zero-order chi connectivity index (χ0) is 39.0. The molecule has 1 aromatic carbocycles. The monoisotopic (exact) mass is 742 g/mol. The summed E-state index contributed by atoms with van der Waals surface area (Å²) in [5.41, 5.74) is -0.332. The molecule has 296 valence electrons. The normalized spacial score (nSPS) is 39.8. The maximum atomic E-state index is 14.3. The Morgan fingerprint density at radius 2 is 1.72 bits per heavy atom. The van der Waals surface area contributed by atoms with Crippen LogP contribution >= 0.6 is 0 Å². The fourth-order valence-corrected chi connectivity index (χ4v) is 9.19. The van der Waals surface area contributed by atoms with E-state index in [1.54, 1.807) is 24.2 Å². The summed E-state index contributed by atoms with van der Waals surface area (Å²) in [6.07, 6.45) is -1.74. The molecule has 53 heavy (non-hydrogen) atoms. The van der Waals surface area contributed by atoms with E-state index in [1.165, 1.54) is 12.5 Å². The van der Waals surface area contributed by atoms with Gasteiger partial charge in [0.05, 0.1) is 24.4 Å². The van der Waals surface area contributed by atoms with Gasteiger partial charge in [-0.25, -0.2) is 4.79 Å². The molecule has 3 fully saturated rings. The van der Waals surface area contributed by atoms with Crippen molar-refractivity contribution >= 4 is 23.6 Å². The minimum atomic E-state index is -1.23. The van der Waals surface area contributed by atoms with Crippen LogP contribution in [0.1, 0.15) is 86.6 Å². The van der Waals surface area contributed by atoms with E-state index < -0.39 is 71.5 Å². The van der Waals surface area contributed by atoms with Crippen molar-refractivity contribution in [1.29, 1.82) is 0 Å². The second-order valence-electron chi connectivity index (χ2n) is 16.3. The van der Waals surface area contributed by atoms with Gasteiger partial charge < -0.3 is 33.7 Å². The van der Waals surface area contributed by atoms with E-state index in [0.717, 1.165) is 18.6 Å². The lowest BCUT2D eigenvalue weighted by Crippen LogP contribution is -2.63. The van der Waals surface area contributed by atoms with Crippen LogP contribution in [-0.4, -0.2) is 125 Å². The van der Waals surface area contributed by atoms with Crippen molar-refractivity contribution in [3.05, 3.63) is 35.9 Å². The van der Waals surface area contributed by atoms with Crippen LogP contribution in [0.2, 0.25) is 0 Å². The van der Waals surface area contributed by atoms with Crippen molar-refractivity contribution in [3.63, 3.8) is 0 Å². The summed E-state index contributed by atoms with van der Waals surface area (Å²) in [6, 6.07) is 9.39. The van der Waals surface area contributed by atoms with Crippen molar-refractivity contribution in [3.8, 4) is 0 Å². The number of cyclic esters (lactones) is 1. The Labute approximate surface area is 315 Å². The average Bonchev–Trinajstić information content (AvgIpc) is 3.41. The van der Waals surface area contributed by atoms with Gasteiger partial charge in [0.15, 0.2) is 17.7 Å². The lowest BCUT2D eigenvalue weighted by Gasteiger charge is -2.49. The predicted molar refractivity (Wildman–Crippen MR) is 199 cm³/mol. The van der Waals surface area contributed by atoms with Crippen LogP contribution in [0.3, 0.4) is 0 Å². The summed E-state index contributed by atoms with van der Waals surface area (Å²) in [4.78, 5) is 44.0. The van der Waals surface area contributed by atoms with Gasteiger partial charge in [0, 0.05) is 30.7 Å². The van der Waals surface area contributed by atoms with Gasteiger partial charge in [0.1, 0.15) is 24.2 Å². The van der Waals surface area contributed by atoms with Crippen LogP contribution in [0.15, 0.2) is 35.4 Å². The molecular formula is C40H62N4O9. The number of aliphatic hydroxyl groups is 1. The zero-order valence-electron chi connectivity index (χ0n) is 33.5. The third kappa shape index (κ3) is 8.01. The number of benzene rings is 1. The topological polar surface area (TPSA) is 140 Å². The van der Waals surface area contributed by atoms with E-state index in [0.29, 0.717) is 25.8 Å². The van der Waals surface area contributed by atoms with Crippen LogP contribution in [0.4, 0.5) is 4.79 Å². The van der Waals surface area contributed by atoms with Crippen LogP contribution < -0.4 is 0 Å². The summed E-state index contributed by atoms with van der Waals surface area (Å²) in [6.45, 7) is 15.4. The zero-order valence-corrected chi connectivity index (χ0v) is 33.5. The van der Waals surface area contributed by atoms with Crippen molar-refractivity contribution < 1.29 is 43.2 Å². The quantitative estimate of drug-likeness (QED) is 0.275. The van der Waals surface area contributed by atoms with Gasteiger partial charge >= 0.3 is 12.1 Å². The summed E-state index contributed by atoms with van der Waals surface area (Å²) >= 11 is 0. The fourth-order valence-electron chi connectivity index (χ4n) is 9.19. The van der Waals surface area contributed by atoms with Gasteiger partial charge in [0.25, 0.3) is 0 Å². The number of likely N-dealkylation sites (N-methyl/N-ethyl adjacent to an activating group) is 1. The predicted octanol–water partition coefficient (Wildman–Crippen LogP) is 4.84. The Morgan fingerprint density at radius 3 is 2.34 bits per heavy atom. The molecular weight excluding hydrogens is 680 g/mol. The molecule has 0 saturated carbocycles. The van der Waals surface area contributed by atoms with Crippen molar-refractivity contribution in [2.24, 2.45) is 28.8 Å². The number of hydrogen-bond donors (Lipinski definition) is 1. The molecule has 1 N–H and O–H groups in total. The molecule has 0 radical (unpaired) electrons. The molecule has 2 bridgehead atoms. The second kappa shape index (κ2) is 16.3. The fraction of sp³-hybridized carbons (Fsp3) is 0.750. The summed E-state index contributed by atoms with van der Waals surface area (Å²) in [5.74, 6) is -3.66. The number of hydrazine groups is 1. The number of Topliss-reactive ketones (excluding diaryl/α,β-unsaturated/α-hetero) is 1. The molecule has 1 aromatic rings. The first-order chi connectivity index (χ1) is 25.0. The number of aryl methyl sites for hydroxylation is 1. The van der Waals surface area contributed by atoms with E-state index >= 15 is 0 Å². The Kier molecular flexibility index (Phi) is 12.7. The van der Waals surface area contributed by atoms with E-state index in [-0.39, 0.29) is 24.0 Å². The number of aliphatic hydroxyl groups excluding tert-OH is 1. The van der Waals surface area contributed by atoms with E-state index in [4.69, 9.17) is 28.8 Å². The number of ketones is 1. The number of carbonyl (C=O) groups is 3. The minimum absolute atomic E-state index is 0.216. The maximum absolute atomic E-state index is 14.3. The number of fused-ring (bicyclic) bond motifs is 1. The number of esters is 1.